The Morgan fingerprint density at radius 1 is 1.41 bits per heavy atom. The number of carbonyl (C=O) groups excluding carboxylic acids is 2. The largest absolute Gasteiger partial charge is 0.452 e. The van der Waals surface area contributed by atoms with Crippen LogP contribution in [0.2, 0.25) is 0 Å². The highest BCUT2D eigenvalue weighted by atomic mass is 16.6. The van der Waals surface area contributed by atoms with Crippen LogP contribution in [0.4, 0.5) is 11.4 Å². The van der Waals surface area contributed by atoms with Crippen molar-refractivity contribution in [1.82, 2.24) is 5.32 Å². The zero-order chi connectivity index (χ0) is 16.7. The number of esters is 1. The van der Waals surface area contributed by atoms with Crippen molar-refractivity contribution in [1.29, 1.82) is 0 Å². The summed E-state index contributed by atoms with van der Waals surface area (Å²) < 4.78 is 4.90. The standard InChI is InChI=1S/C14H19N3O5/c1-4-9(2)16-13(18)8-22-14(19)11-7-10(17(20)21)5-6-12(11)15-3/h5-7,9,15H,4,8H2,1-3H3,(H,16,18)/t9-/m0/s1. The molecule has 0 aliphatic rings. The summed E-state index contributed by atoms with van der Waals surface area (Å²) in [6.07, 6.45) is 0.758. The second-order valence-electron chi connectivity index (χ2n) is 4.69. The lowest BCUT2D eigenvalue weighted by molar-refractivity contribution is -0.384. The topological polar surface area (TPSA) is 111 Å². The first kappa shape index (κ1) is 17.4. The molecule has 0 heterocycles. The molecule has 1 amide bonds. The molecule has 0 saturated carbocycles. The van der Waals surface area contributed by atoms with Crippen LogP contribution in [0.15, 0.2) is 18.2 Å². The van der Waals surface area contributed by atoms with Gasteiger partial charge in [-0.3, -0.25) is 14.9 Å². The zero-order valence-electron chi connectivity index (χ0n) is 12.7. The number of benzene rings is 1. The highest BCUT2D eigenvalue weighted by molar-refractivity contribution is 5.97. The maximum absolute atomic E-state index is 12.0. The smallest absolute Gasteiger partial charge is 0.341 e. The Morgan fingerprint density at radius 3 is 2.64 bits per heavy atom. The quantitative estimate of drug-likeness (QED) is 0.450. The van der Waals surface area contributed by atoms with Gasteiger partial charge in [-0.25, -0.2) is 4.79 Å². The average molecular weight is 309 g/mol. The van der Waals surface area contributed by atoms with Crippen LogP contribution in [-0.2, 0) is 9.53 Å². The predicted octanol–water partition coefficient (Wildman–Crippen LogP) is 1.71. The van der Waals surface area contributed by atoms with Crippen LogP contribution in [0.5, 0.6) is 0 Å². The van der Waals surface area contributed by atoms with Gasteiger partial charge in [-0.2, -0.15) is 0 Å². The molecule has 22 heavy (non-hydrogen) atoms. The van der Waals surface area contributed by atoms with E-state index in [2.05, 4.69) is 10.6 Å². The molecule has 1 aromatic rings. The lowest BCUT2D eigenvalue weighted by atomic mass is 10.1. The highest BCUT2D eigenvalue weighted by Gasteiger charge is 2.18. The Hall–Kier alpha value is -2.64. The summed E-state index contributed by atoms with van der Waals surface area (Å²) in [4.78, 5) is 33.7. The van der Waals surface area contributed by atoms with Crippen molar-refractivity contribution in [3.8, 4) is 0 Å². The maximum Gasteiger partial charge on any atom is 0.341 e. The molecule has 0 spiro atoms. The summed E-state index contributed by atoms with van der Waals surface area (Å²) in [6.45, 7) is 3.31. The van der Waals surface area contributed by atoms with Crippen molar-refractivity contribution < 1.29 is 19.2 Å². The fourth-order valence-electron chi connectivity index (χ4n) is 1.66. The average Bonchev–Trinajstić information content (AvgIpc) is 2.51. The number of non-ortho nitro benzene ring substituents is 1. The number of nitrogens with zero attached hydrogens (tertiary/aromatic N) is 1. The van der Waals surface area contributed by atoms with E-state index in [-0.39, 0.29) is 17.3 Å². The Bertz CT molecular complexity index is 574. The fraction of sp³-hybridized carbons (Fsp3) is 0.429. The molecule has 0 aromatic heterocycles. The normalized spacial score (nSPS) is 11.4. The molecule has 0 saturated heterocycles. The minimum Gasteiger partial charge on any atom is -0.452 e. The number of carbonyl (C=O) groups is 2. The molecule has 1 aromatic carbocycles. The van der Waals surface area contributed by atoms with Gasteiger partial charge >= 0.3 is 5.97 Å². The third-order valence-corrected chi connectivity index (χ3v) is 3.06. The molecule has 0 aliphatic carbocycles. The Kier molecular flexibility index (Phi) is 6.30. The van der Waals surface area contributed by atoms with Gasteiger partial charge < -0.3 is 15.4 Å². The molecular formula is C14H19N3O5. The lowest BCUT2D eigenvalue weighted by Gasteiger charge is -2.12. The number of hydrogen-bond acceptors (Lipinski definition) is 6. The number of nitro groups is 1. The van der Waals surface area contributed by atoms with E-state index in [4.69, 9.17) is 4.74 Å². The molecule has 1 atom stereocenters. The minimum absolute atomic E-state index is 0.00744. The number of nitro benzene ring substituents is 1. The molecule has 0 bridgehead atoms. The predicted molar refractivity (Wildman–Crippen MR) is 80.8 cm³/mol. The molecule has 2 N–H and O–H groups in total. The minimum atomic E-state index is -0.799. The first-order valence-corrected chi connectivity index (χ1v) is 6.81. The molecule has 0 unspecified atom stereocenters. The molecule has 0 fully saturated rings. The van der Waals surface area contributed by atoms with E-state index in [1.165, 1.54) is 12.1 Å². The van der Waals surface area contributed by atoms with Crippen LogP contribution in [0.1, 0.15) is 30.6 Å². The van der Waals surface area contributed by atoms with E-state index in [9.17, 15) is 19.7 Å². The van der Waals surface area contributed by atoms with Crippen molar-refractivity contribution in [3.05, 3.63) is 33.9 Å². The van der Waals surface area contributed by atoms with Crippen molar-refractivity contribution >= 4 is 23.3 Å². The van der Waals surface area contributed by atoms with Crippen LogP contribution >= 0.6 is 0 Å². The van der Waals surface area contributed by atoms with E-state index in [1.807, 2.05) is 13.8 Å². The second-order valence-corrected chi connectivity index (χ2v) is 4.69. The molecular weight excluding hydrogens is 290 g/mol. The summed E-state index contributed by atoms with van der Waals surface area (Å²) in [5, 5.41) is 16.2. The van der Waals surface area contributed by atoms with E-state index in [0.717, 1.165) is 12.5 Å². The van der Waals surface area contributed by atoms with Gasteiger partial charge in [-0.1, -0.05) is 6.92 Å². The van der Waals surface area contributed by atoms with Crippen LogP contribution in [0, 0.1) is 10.1 Å². The van der Waals surface area contributed by atoms with Crippen molar-refractivity contribution in [2.75, 3.05) is 19.0 Å². The van der Waals surface area contributed by atoms with Gasteiger partial charge in [-0.05, 0) is 19.4 Å². The van der Waals surface area contributed by atoms with E-state index in [0.29, 0.717) is 5.69 Å². The zero-order valence-corrected chi connectivity index (χ0v) is 12.7. The summed E-state index contributed by atoms with van der Waals surface area (Å²) >= 11 is 0. The van der Waals surface area contributed by atoms with Crippen molar-refractivity contribution in [3.63, 3.8) is 0 Å². The van der Waals surface area contributed by atoms with Crippen LogP contribution < -0.4 is 10.6 Å². The molecule has 1 rings (SSSR count). The molecule has 8 nitrogen and oxygen atoms in total. The number of hydrogen-bond donors (Lipinski definition) is 2. The van der Waals surface area contributed by atoms with Crippen LogP contribution in [0.25, 0.3) is 0 Å². The number of nitrogens with one attached hydrogen (secondary N) is 2. The summed E-state index contributed by atoms with van der Waals surface area (Å²) in [6, 6.07) is 3.78. The van der Waals surface area contributed by atoms with Gasteiger partial charge in [0.1, 0.15) is 0 Å². The van der Waals surface area contributed by atoms with Gasteiger partial charge in [0.15, 0.2) is 6.61 Å². The summed E-state index contributed by atoms with van der Waals surface area (Å²) in [5.41, 5.74) is 0.168. The van der Waals surface area contributed by atoms with E-state index >= 15 is 0 Å². The van der Waals surface area contributed by atoms with Gasteiger partial charge in [0, 0.05) is 30.9 Å². The van der Waals surface area contributed by atoms with Crippen molar-refractivity contribution in [2.24, 2.45) is 0 Å². The fourth-order valence-corrected chi connectivity index (χ4v) is 1.66. The van der Waals surface area contributed by atoms with Crippen LogP contribution in [-0.4, -0.2) is 36.5 Å². The first-order chi connectivity index (χ1) is 10.4. The monoisotopic (exact) mass is 309 g/mol. The van der Waals surface area contributed by atoms with Crippen molar-refractivity contribution in [2.45, 2.75) is 26.3 Å². The van der Waals surface area contributed by atoms with E-state index < -0.39 is 23.4 Å². The maximum atomic E-state index is 12.0. The first-order valence-electron chi connectivity index (χ1n) is 6.81. The molecule has 0 radical (unpaired) electrons. The van der Waals surface area contributed by atoms with Crippen LogP contribution in [0.3, 0.4) is 0 Å². The summed E-state index contributed by atoms with van der Waals surface area (Å²) in [5.74, 6) is -1.22. The third-order valence-electron chi connectivity index (χ3n) is 3.06. The summed E-state index contributed by atoms with van der Waals surface area (Å²) in [7, 11) is 1.58. The number of amides is 1. The Balaban J connectivity index is 2.78. The Labute approximate surface area is 128 Å². The van der Waals surface area contributed by atoms with Gasteiger partial charge in [0.2, 0.25) is 0 Å². The molecule has 8 heteroatoms. The Morgan fingerprint density at radius 2 is 2.09 bits per heavy atom. The molecule has 0 aliphatic heterocycles. The number of anilines is 1. The van der Waals surface area contributed by atoms with E-state index in [1.54, 1.807) is 7.05 Å². The second kappa shape index (κ2) is 7.96. The highest BCUT2D eigenvalue weighted by Crippen LogP contribution is 2.22. The number of rotatable bonds is 7. The third kappa shape index (κ3) is 4.72. The van der Waals surface area contributed by atoms with Gasteiger partial charge in [0.25, 0.3) is 11.6 Å². The van der Waals surface area contributed by atoms with Gasteiger partial charge in [-0.15, -0.1) is 0 Å². The van der Waals surface area contributed by atoms with Gasteiger partial charge in [0.05, 0.1) is 10.5 Å². The SMILES string of the molecule is CC[C@H](C)NC(=O)COC(=O)c1cc([N+](=O)[O-])ccc1NC. The number of ether oxygens (including phenoxy) is 1. The lowest BCUT2D eigenvalue weighted by Crippen LogP contribution is -2.35. The molecule has 120 valence electrons.